The Morgan fingerprint density at radius 2 is 2.04 bits per heavy atom. The van der Waals surface area contributed by atoms with Crippen molar-refractivity contribution in [2.45, 2.75) is 31.2 Å². The Hall–Kier alpha value is -2.23. The van der Waals surface area contributed by atoms with Crippen LogP contribution in [0.2, 0.25) is 0 Å². The van der Waals surface area contributed by atoms with Gasteiger partial charge in [-0.15, -0.1) is 0 Å². The minimum Gasteiger partial charge on any atom is -0.492 e. The van der Waals surface area contributed by atoms with Crippen molar-refractivity contribution in [3.05, 3.63) is 53.9 Å². The highest BCUT2D eigenvalue weighted by Crippen LogP contribution is 2.38. The van der Waals surface area contributed by atoms with Gasteiger partial charge in [0.05, 0.1) is 6.04 Å². The molecular formula is C19H22N2O2. The molecule has 1 fully saturated rings. The maximum atomic E-state index is 13.2. The predicted octanol–water partition coefficient (Wildman–Crippen LogP) is 3.25. The summed E-state index contributed by atoms with van der Waals surface area (Å²) < 4.78 is 7.85. The Morgan fingerprint density at radius 3 is 2.87 bits per heavy atom. The molecule has 2 atom stereocenters. The zero-order valence-corrected chi connectivity index (χ0v) is 13.4. The zero-order valence-electron chi connectivity index (χ0n) is 13.4. The molecule has 1 saturated heterocycles. The van der Waals surface area contributed by atoms with Crippen LogP contribution >= 0.6 is 0 Å². The number of carbonyl (C=O) groups is 1. The summed E-state index contributed by atoms with van der Waals surface area (Å²) >= 11 is 0. The molecular weight excluding hydrogens is 288 g/mol. The molecule has 2 aliphatic heterocycles. The van der Waals surface area contributed by atoms with E-state index in [1.807, 2.05) is 24.3 Å². The fraction of sp³-hybridized carbons (Fsp3) is 0.421. The van der Waals surface area contributed by atoms with E-state index in [2.05, 4.69) is 34.8 Å². The highest BCUT2D eigenvalue weighted by molar-refractivity contribution is 5.86. The summed E-state index contributed by atoms with van der Waals surface area (Å²) in [7, 11) is 2.06. The summed E-state index contributed by atoms with van der Waals surface area (Å²) in [5, 5.41) is 0. The van der Waals surface area contributed by atoms with Crippen molar-refractivity contribution in [1.82, 2.24) is 9.47 Å². The minimum absolute atomic E-state index is 0.160. The number of rotatable bonds is 2. The van der Waals surface area contributed by atoms with E-state index in [9.17, 15) is 4.79 Å². The molecule has 23 heavy (non-hydrogen) atoms. The molecule has 0 unspecified atom stereocenters. The van der Waals surface area contributed by atoms with Crippen LogP contribution < -0.4 is 4.74 Å². The van der Waals surface area contributed by atoms with E-state index >= 15 is 0 Å². The van der Waals surface area contributed by atoms with Crippen LogP contribution in [0.5, 0.6) is 5.75 Å². The van der Waals surface area contributed by atoms with Crippen molar-refractivity contribution in [2.24, 2.45) is 7.05 Å². The number of nitrogens with zero attached hydrogens (tertiary/aromatic N) is 2. The Balaban J connectivity index is 1.63. The molecule has 0 saturated carbocycles. The number of aryl methyl sites for hydroxylation is 1. The highest BCUT2D eigenvalue weighted by Gasteiger charge is 2.37. The van der Waals surface area contributed by atoms with E-state index in [0.717, 1.165) is 30.7 Å². The molecule has 2 aromatic rings. The molecule has 1 aromatic heterocycles. The molecule has 1 amide bonds. The predicted molar refractivity (Wildman–Crippen MR) is 88.4 cm³/mol. The number of fused-ring (bicyclic) bond motifs is 1. The van der Waals surface area contributed by atoms with Crippen molar-refractivity contribution < 1.29 is 9.53 Å². The lowest BCUT2D eigenvalue weighted by atomic mass is 9.94. The molecule has 4 nitrogen and oxygen atoms in total. The molecule has 0 N–H and O–H groups in total. The Labute approximate surface area is 136 Å². The van der Waals surface area contributed by atoms with Gasteiger partial charge in [0.2, 0.25) is 5.91 Å². The van der Waals surface area contributed by atoms with Gasteiger partial charge >= 0.3 is 0 Å². The molecule has 0 bridgehead atoms. The molecule has 1 aromatic carbocycles. The largest absolute Gasteiger partial charge is 0.492 e. The zero-order chi connectivity index (χ0) is 15.8. The van der Waals surface area contributed by atoms with Crippen LogP contribution in [-0.4, -0.2) is 28.5 Å². The smallest absolute Gasteiger partial charge is 0.234 e. The van der Waals surface area contributed by atoms with Crippen LogP contribution in [0.1, 0.15) is 42.5 Å². The Morgan fingerprint density at radius 1 is 1.17 bits per heavy atom. The number of benzene rings is 1. The van der Waals surface area contributed by atoms with Crippen molar-refractivity contribution in [1.29, 1.82) is 0 Å². The quantitative estimate of drug-likeness (QED) is 0.853. The topological polar surface area (TPSA) is 34.5 Å². The number of ether oxygens (including phenoxy) is 1. The fourth-order valence-electron chi connectivity index (χ4n) is 3.89. The number of hydrogen-bond donors (Lipinski definition) is 0. The van der Waals surface area contributed by atoms with E-state index in [-0.39, 0.29) is 17.9 Å². The van der Waals surface area contributed by atoms with Gasteiger partial charge in [-0.2, -0.15) is 0 Å². The third kappa shape index (κ3) is 2.42. The van der Waals surface area contributed by atoms with Crippen LogP contribution in [0.15, 0.2) is 42.6 Å². The highest BCUT2D eigenvalue weighted by atomic mass is 16.5. The van der Waals surface area contributed by atoms with E-state index in [4.69, 9.17) is 4.74 Å². The first-order chi connectivity index (χ1) is 11.3. The summed E-state index contributed by atoms with van der Waals surface area (Å²) in [4.78, 5) is 15.3. The monoisotopic (exact) mass is 310 g/mol. The second-order valence-corrected chi connectivity index (χ2v) is 6.49. The summed E-state index contributed by atoms with van der Waals surface area (Å²) in [5.74, 6) is 0.909. The molecule has 0 spiro atoms. The molecule has 2 aliphatic rings. The van der Waals surface area contributed by atoms with Gasteiger partial charge in [-0.3, -0.25) is 4.79 Å². The third-order valence-electron chi connectivity index (χ3n) is 5.11. The fourth-order valence-corrected chi connectivity index (χ4v) is 3.89. The Kier molecular flexibility index (Phi) is 3.60. The van der Waals surface area contributed by atoms with Crippen molar-refractivity contribution in [3.8, 4) is 5.75 Å². The van der Waals surface area contributed by atoms with Crippen LogP contribution in [0.3, 0.4) is 0 Å². The minimum atomic E-state index is -0.160. The summed E-state index contributed by atoms with van der Waals surface area (Å²) in [6, 6.07) is 12.3. The summed E-state index contributed by atoms with van der Waals surface area (Å²) in [5.41, 5.74) is 2.26. The van der Waals surface area contributed by atoms with E-state index in [0.29, 0.717) is 6.61 Å². The average Bonchev–Trinajstić information content (AvgIpc) is 3.20. The molecule has 3 heterocycles. The van der Waals surface area contributed by atoms with Gasteiger partial charge in [-0.05, 0) is 37.5 Å². The molecule has 0 radical (unpaired) electrons. The summed E-state index contributed by atoms with van der Waals surface area (Å²) in [6.07, 6.45) is 5.36. The van der Waals surface area contributed by atoms with Gasteiger partial charge in [0.25, 0.3) is 0 Å². The number of hydrogen-bond acceptors (Lipinski definition) is 2. The standard InChI is InChI=1S/C19H22N2O2/c1-20-11-6-9-16(20)17-8-4-5-12-21(17)19(22)15-13-23-18-10-3-2-7-14(15)18/h2-3,6-7,9-11,15,17H,4-5,8,12-13H2,1H3/t15-,17-/m1/s1. The average molecular weight is 310 g/mol. The van der Waals surface area contributed by atoms with Crippen molar-refractivity contribution >= 4 is 5.91 Å². The number of piperidine rings is 1. The maximum absolute atomic E-state index is 13.2. The molecule has 4 heteroatoms. The SMILES string of the molecule is Cn1cccc1[C@H]1CCCCN1C(=O)[C@@H]1COc2ccccc21. The number of amides is 1. The summed E-state index contributed by atoms with van der Waals surface area (Å²) in [6.45, 7) is 1.31. The normalized spacial score (nSPS) is 23.4. The van der Waals surface area contributed by atoms with E-state index in [1.54, 1.807) is 0 Å². The second-order valence-electron chi connectivity index (χ2n) is 6.49. The van der Waals surface area contributed by atoms with E-state index in [1.165, 1.54) is 12.1 Å². The van der Waals surface area contributed by atoms with Gasteiger partial charge in [0.15, 0.2) is 0 Å². The lowest BCUT2D eigenvalue weighted by Crippen LogP contribution is -2.42. The lowest BCUT2D eigenvalue weighted by molar-refractivity contribution is -0.137. The maximum Gasteiger partial charge on any atom is 0.234 e. The van der Waals surface area contributed by atoms with Crippen molar-refractivity contribution in [2.75, 3.05) is 13.2 Å². The number of para-hydroxylation sites is 1. The van der Waals surface area contributed by atoms with Crippen LogP contribution in [0.25, 0.3) is 0 Å². The first-order valence-electron chi connectivity index (χ1n) is 8.39. The van der Waals surface area contributed by atoms with Gasteiger partial charge in [-0.25, -0.2) is 0 Å². The van der Waals surface area contributed by atoms with E-state index < -0.39 is 0 Å². The van der Waals surface area contributed by atoms with Crippen molar-refractivity contribution in [3.63, 3.8) is 0 Å². The van der Waals surface area contributed by atoms with Gasteiger partial charge in [0.1, 0.15) is 18.3 Å². The van der Waals surface area contributed by atoms with Gasteiger partial charge in [0, 0.05) is 31.0 Å². The number of aromatic nitrogens is 1. The Bertz CT molecular complexity index is 722. The second kappa shape index (κ2) is 5.76. The van der Waals surface area contributed by atoms with Crippen LogP contribution in [0, 0.1) is 0 Å². The lowest BCUT2D eigenvalue weighted by Gasteiger charge is -2.37. The van der Waals surface area contributed by atoms with Crippen LogP contribution in [0.4, 0.5) is 0 Å². The van der Waals surface area contributed by atoms with Gasteiger partial charge in [-0.1, -0.05) is 18.2 Å². The molecule has 4 rings (SSSR count). The molecule has 120 valence electrons. The first kappa shape index (κ1) is 14.4. The van der Waals surface area contributed by atoms with Gasteiger partial charge < -0.3 is 14.2 Å². The van der Waals surface area contributed by atoms with Crippen LogP contribution in [-0.2, 0) is 11.8 Å². The number of carbonyl (C=O) groups excluding carboxylic acids is 1. The number of likely N-dealkylation sites (tertiary alicyclic amines) is 1. The third-order valence-corrected chi connectivity index (χ3v) is 5.11. The first-order valence-corrected chi connectivity index (χ1v) is 8.39. The molecule has 0 aliphatic carbocycles.